The summed E-state index contributed by atoms with van der Waals surface area (Å²) >= 11 is 0. The molecule has 0 aromatic heterocycles. The van der Waals surface area contributed by atoms with Gasteiger partial charge in [-0.1, -0.05) is 30.0 Å². The Kier molecular flexibility index (Phi) is 6.71. The summed E-state index contributed by atoms with van der Waals surface area (Å²) in [6, 6.07) is 16.4. The Balaban J connectivity index is 2.32. The molecule has 0 saturated carbocycles. The van der Waals surface area contributed by atoms with Crippen LogP contribution in [0.1, 0.15) is 45.7 Å². The van der Waals surface area contributed by atoms with Crippen LogP contribution in [0.3, 0.4) is 0 Å². The second-order valence-electron chi connectivity index (χ2n) is 6.32. The first-order chi connectivity index (χ1) is 14.6. The summed E-state index contributed by atoms with van der Waals surface area (Å²) in [4.78, 5) is 25.5. The Hall–Kier alpha value is -3.78. The molecule has 152 valence electrons. The fraction of sp³-hybridized carbons (Fsp3) is 0.200. The molecule has 0 radical (unpaired) electrons. The van der Waals surface area contributed by atoms with E-state index in [0.29, 0.717) is 16.7 Å². The van der Waals surface area contributed by atoms with Crippen molar-refractivity contribution >= 4 is 22.7 Å². The van der Waals surface area contributed by atoms with Crippen molar-refractivity contribution in [3.8, 4) is 17.6 Å². The third-order valence-corrected chi connectivity index (χ3v) is 4.43. The minimum atomic E-state index is -0.604. The molecule has 0 fully saturated rings. The Bertz CT molecular complexity index is 1140. The van der Waals surface area contributed by atoms with Gasteiger partial charge in [0.1, 0.15) is 5.75 Å². The van der Waals surface area contributed by atoms with Gasteiger partial charge < -0.3 is 14.2 Å². The Labute approximate surface area is 175 Å². The van der Waals surface area contributed by atoms with E-state index in [0.717, 1.165) is 10.9 Å². The second kappa shape index (κ2) is 9.62. The Morgan fingerprint density at radius 3 is 2.20 bits per heavy atom. The largest absolute Gasteiger partial charge is 0.497 e. The number of hydrogen-bond donors (Lipinski definition) is 0. The fourth-order valence-corrected chi connectivity index (χ4v) is 3.09. The molecule has 0 aliphatic rings. The third-order valence-electron chi connectivity index (χ3n) is 4.43. The topological polar surface area (TPSA) is 61.8 Å². The van der Waals surface area contributed by atoms with Crippen molar-refractivity contribution in [3.63, 3.8) is 0 Å². The summed E-state index contributed by atoms with van der Waals surface area (Å²) < 4.78 is 15.7. The number of carbonyl (C=O) groups is 2. The Morgan fingerprint density at radius 2 is 1.53 bits per heavy atom. The van der Waals surface area contributed by atoms with Crippen LogP contribution in [0.5, 0.6) is 5.75 Å². The van der Waals surface area contributed by atoms with Crippen molar-refractivity contribution in [2.45, 2.75) is 13.8 Å². The van der Waals surface area contributed by atoms with E-state index < -0.39 is 11.9 Å². The maximum Gasteiger partial charge on any atom is 0.339 e. The number of rotatable bonds is 5. The van der Waals surface area contributed by atoms with Crippen LogP contribution in [0.2, 0.25) is 0 Å². The van der Waals surface area contributed by atoms with Crippen LogP contribution in [-0.4, -0.2) is 32.3 Å². The van der Waals surface area contributed by atoms with Crippen molar-refractivity contribution in [1.29, 1.82) is 0 Å². The zero-order chi connectivity index (χ0) is 21.5. The highest BCUT2D eigenvalue weighted by molar-refractivity contribution is 6.14. The van der Waals surface area contributed by atoms with Crippen LogP contribution in [0.15, 0.2) is 54.6 Å². The lowest BCUT2D eigenvalue weighted by molar-refractivity contribution is 0.0481. The average molecular weight is 402 g/mol. The van der Waals surface area contributed by atoms with Crippen molar-refractivity contribution in [2.75, 3.05) is 20.3 Å². The lowest BCUT2D eigenvalue weighted by Crippen LogP contribution is -2.15. The molecule has 3 aromatic carbocycles. The van der Waals surface area contributed by atoms with Gasteiger partial charge in [-0.05, 0) is 55.6 Å². The number of esters is 2. The summed E-state index contributed by atoms with van der Waals surface area (Å²) in [5.74, 6) is 5.58. The number of fused-ring (bicyclic) bond motifs is 1. The molecule has 0 bridgehead atoms. The predicted octanol–water partition coefficient (Wildman–Crippen LogP) is 4.60. The summed E-state index contributed by atoms with van der Waals surface area (Å²) in [6.07, 6.45) is 0. The molecule has 0 aliphatic heterocycles. The molecule has 0 spiro atoms. The fourth-order valence-electron chi connectivity index (χ4n) is 3.09. The molecule has 0 saturated heterocycles. The van der Waals surface area contributed by atoms with E-state index >= 15 is 0 Å². The van der Waals surface area contributed by atoms with Gasteiger partial charge in [-0.15, -0.1) is 0 Å². The molecule has 30 heavy (non-hydrogen) atoms. The smallest absolute Gasteiger partial charge is 0.339 e. The summed E-state index contributed by atoms with van der Waals surface area (Å²) in [7, 11) is 1.54. The Morgan fingerprint density at radius 1 is 0.833 bits per heavy atom. The number of hydrogen-bond acceptors (Lipinski definition) is 5. The lowest BCUT2D eigenvalue weighted by atomic mass is 9.94. The molecule has 0 N–H and O–H groups in total. The van der Waals surface area contributed by atoms with Crippen LogP contribution in [-0.2, 0) is 9.47 Å². The molecule has 0 amide bonds. The molecule has 3 aromatic rings. The third kappa shape index (κ3) is 4.44. The first-order valence-corrected chi connectivity index (χ1v) is 9.65. The van der Waals surface area contributed by atoms with Gasteiger partial charge in [-0.3, -0.25) is 0 Å². The highest BCUT2D eigenvalue weighted by Crippen LogP contribution is 2.31. The van der Waals surface area contributed by atoms with Crippen molar-refractivity contribution in [2.24, 2.45) is 0 Å². The minimum Gasteiger partial charge on any atom is -0.497 e. The van der Waals surface area contributed by atoms with E-state index in [9.17, 15) is 9.59 Å². The van der Waals surface area contributed by atoms with Crippen LogP contribution >= 0.6 is 0 Å². The molecule has 0 heterocycles. The number of benzene rings is 3. The number of methoxy groups -OCH3 is 1. The quantitative estimate of drug-likeness (QED) is 0.461. The van der Waals surface area contributed by atoms with Crippen LogP contribution in [0, 0.1) is 11.8 Å². The van der Waals surface area contributed by atoms with E-state index in [1.165, 1.54) is 7.11 Å². The van der Waals surface area contributed by atoms with E-state index in [2.05, 4.69) is 11.8 Å². The van der Waals surface area contributed by atoms with Crippen LogP contribution in [0.4, 0.5) is 0 Å². The van der Waals surface area contributed by atoms with Crippen molar-refractivity contribution < 1.29 is 23.8 Å². The summed E-state index contributed by atoms with van der Waals surface area (Å²) in [6.45, 7) is 3.79. The maximum absolute atomic E-state index is 12.8. The molecule has 0 aliphatic carbocycles. The minimum absolute atomic E-state index is 0.119. The zero-order valence-corrected chi connectivity index (χ0v) is 17.2. The van der Waals surface area contributed by atoms with Gasteiger partial charge in [0.25, 0.3) is 0 Å². The van der Waals surface area contributed by atoms with E-state index in [1.54, 1.807) is 32.0 Å². The highest BCUT2D eigenvalue weighted by atomic mass is 16.5. The van der Waals surface area contributed by atoms with Crippen LogP contribution < -0.4 is 4.74 Å². The van der Waals surface area contributed by atoms with Gasteiger partial charge in [0.2, 0.25) is 0 Å². The van der Waals surface area contributed by atoms with Crippen LogP contribution in [0.25, 0.3) is 10.8 Å². The molecule has 0 unspecified atom stereocenters. The predicted molar refractivity (Wildman–Crippen MR) is 115 cm³/mol. The monoisotopic (exact) mass is 402 g/mol. The number of ether oxygens (including phenoxy) is 3. The average Bonchev–Trinajstić information content (AvgIpc) is 2.77. The summed E-state index contributed by atoms with van der Waals surface area (Å²) in [5.41, 5.74) is 1.71. The molecular weight excluding hydrogens is 380 g/mol. The van der Waals surface area contributed by atoms with E-state index in [1.807, 2.05) is 36.4 Å². The molecule has 0 atom stereocenters. The van der Waals surface area contributed by atoms with Gasteiger partial charge in [-0.25, -0.2) is 9.59 Å². The van der Waals surface area contributed by atoms with Gasteiger partial charge >= 0.3 is 11.9 Å². The van der Waals surface area contributed by atoms with Gasteiger partial charge in [0.05, 0.1) is 31.5 Å². The molecule has 3 rings (SSSR count). The number of carbonyl (C=O) groups excluding carboxylic acids is 2. The van der Waals surface area contributed by atoms with Gasteiger partial charge in [-0.2, -0.15) is 0 Å². The highest BCUT2D eigenvalue weighted by Gasteiger charge is 2.24. The molecular formula is C25H22O5. The SMILES string of the molecule is CCOC(=O)c1cc(C#Cc2ccccc2)c2ccc(OC)cc2c1C(=O)OCC. The van der Waals surface area contributed by atoms with Gasteiger partial charge in [0, 0.05) is 16.5 Å². The van der Waals surface area contributed by atoms with E-state index in [4.69, 9.17) is 14.2 Å². The lowest BCUT2D eigenvalue weighted by Gasteiger charge is -2.14. The first kappa shape index (κ1) is 20.9. The van der Waals surface area contributed by atoms with Gasteiger partial charge in [0.15, 0.2) is 0 Å². The standard InChI is InChI=1S/C25H22O5/c1-4-29-24(26)22-15-18(12-11-17-9-7-6-8-10-17)20-14-13-19(28-3)16-21(20)23(22)25(27)30-5-2/h6-10,13-16H,4-5H2,1-3H3. The normalized spacial score (nSPS) is 10.1. The second-order valence-corrected chi connectivity index (χ2v) is 6.32. The van der Waals surface area contributed by atoms with Crippen molar-refractivity contribution in [1.82, 2.24) is 0 Å². The summed E-state index contributed by atoms with van der Waals surface area (Å²) in [5, 5.41) is 1.24. The zero-order valence-electron chi connectivity index (χ0n) is 17.2. The first-order valence-electron chi connectivity index (χ1n) is 9.65. The molecule has 5 heteroatoms. The molecule has 5 nitrogen and oxygen atoms in total. The maximum atomic E-state index is 12.8. The van der Waals surface area contributed by atoms with E-state index in [-0.39, 0.29) is 24.3 Å². The van der Waals surface area contributed by atoms with Crippen molar-refractivity contribution in [3.05, 3.63) is 76.9 Å².